The normalized spacial score (nSPS) is 14.9. The monoisotopic (exact) mass is 443 g/mol. The number of amides is 2. The first-order chi connectivity index (χ1) is 15.9. The summed E-state index contributed by atoms with van der Waals surface area (Å²) in [5.41, 5.74) is 2.59. The molecular formula is C28H33N3O2. The predicted octanol–water partition coefficient (Wildman–Crippen LogP) is 4.54. The lowest BCUT2D eigenvalue weighted by atomic mass is 9.88. The zero-order valence-electron chi connectivity index (χ0n) is 19.6. The Labute approximate surface area is 196 Å². The number of para-hydroxylation sites is 1. The summed E-state index contributed by atoms with van der Waals surface area (Å²) in [5.74, 6) is 0.446. The quantitative estimate of drug-likeness (QED) is 0.583. The number of carbonyl (C=O) groups is 2. The van der Waals surface area contributed by atoms with Crippen LogP contribution in [0.3, 0.4) is 0 Å². The van der Waals surface area contributed by atoms with Gasteiger partial charge in [-0.3, -0.25) is 14.6 Å². The van der Waals surface area contributed by atoms with E-state index in [0.717, 1.165) is 43.4 Å². The Hall–Kier alpha value is -3.21. The first kappa shape index (κ1) is 23.0. The Morgan fingerprint density at radius 3 is 2.48 bits per heavy atom. The fraction of sp³-hybridized carbons (Fsp3) is 0.393. The van der Waals surface area contributed by atoms with Gasteiger partial charge in [-0.15, -0.1) is 0 Å². The highest BCUT2D eigenvalue weighted by Crippen LogP contribution is 2.26. The van der Waals surface area contributed by atoms with Crippen LogP contribution in [0.1, 0.15) is 44.2 Å². The maximum Gasteiger partial charge on any atom is 0.247 e. The van der Waals surface area contributed by atoms with Gasteiger partial charge in [-0.2, -0.15) is 0 Å². The largest absolute Gasteiger partial charge is 0.342 e. The van der Waals surface area contributed by atoms with Gasteiger partial charge >= 0.3 is 0 Å². The fourth-order valence-electron chi connectivity index (χ4n) is 4.75. The molecule has 0 radical (unpaired) electrons. The van der Waals surface area contributed by atoms with E-state index in [9.17, 15) is 9.59 Å². The average Bonchev–Trinajstić information content (AvgIpc) is 2.83. The predicted molar refractivity (Wildman–Crippen MR) is 132 cm³/mol. The molecule has 0 bridgehead atoms. The zero-order valence-corrected chi connectivity index (χ0v) is 19.6. The number of aromatic nitrogens is 1. The Morgan fingerprint density at radius 2 is 1.73 bits per heavy atom. The Morgan fingerprint density at radius 1 is 1.00 bits per heavy atom. The van der Waals surface area contributed by atoms with Crippen molar-refractivity contribution < 1.29 is 9.59 Å². The van der Waals surface area contributed by atoms with E-state index >= 15 is 0 Å². The number of hydrogen-bond acceptors (Lipinski definition) is 3. The third-order valence-electron chi connectivity index (χ3n) is 6.60. The molecule has 33 heavy (non-hydrogen) atoms. The molecule has 1 aromatic heterocycles. The van der Waals surface area contributed by atoms with E-state index < -0.39 is 5.54 Å². The van der Waals surface area contributed by atoms with E-state index in [-0.39, 0.29) is 11.8 Å². The molecule has 1 fully saturated rings. The van der Waals surface area contributed by atoms with Gasteiger partial charge in [-0.25, -0.2) is 0 Å². The van der Waals surface area contributed by atoms with Crippen molar-refractivity contribution in [1.29, 1.82) is 0 Å². The second-order valence-corrected chi connectivity index (χ2v) is 9.59. The van der Waals surface area contributed by atoms with Gasteiger partial charge in [0.2, 0.25) is 11.8 Å². The summed E-state index contributed by atoms with van der Waals surface area (Å²) in [6.07, 6.45) is 5.81. The summed E-state index contributed by atoms with van der Waals surface area (Å²) >= 11 is 0. The second kappa shape index (κ2) is 10.2. The van der Waals surface area contributed by atoms with E-state index in [1.54, 1.807) is 0 Å². The number of aryl methyl sites for hydroxylation is 1. The number of nitrogens with zero attached hydrogens (tertiary/aromatic N) is 2. The van der Waals surface area contributed by atoms with Crippen molar-refractivity contribution in [3.05, 3.63) is 78.0 Å². The van der Waals surface area contributed by atoms with Crippen LogP contribution in [0, 0.1) is 5.92 Å². The third kappa shape index (κ3) is 5.78. The smallest absolute Gasteiger partial charge is 0.247 e. The summed E-state index contributed by atoms with van der Waals surface area (Å²) in [6, 6.07) is 20.4. The maximum absolute atomic E-state index is 13.2. The molecule has 1 aliphatic rings. The number of benzene rings is 2. The number of carbonyl (C=O) groups excluding carboxylic acids is 2. The zero-order chi connectivity index (χ0) is 23.3. The molecule has 0 spiro atoms. The van der Waals surface area contributed by atoms with E-state index in [1.165, 1.54) is 10.9 Å². The summed E-state index contributed by atoms with van der Waals surface area (Å²) in [5, 5.41) is 4.13. The van der Waals surface area contributed by atoms with Gasteiger partial charge in [0.25, 0.3) is 0 Å². The number of hydrogen-bond donors (Lipinski definition) is 1. The van der Waals surface area contributed by atoms with Gasteiger partial charge in [0.05, 0.1) is 5.52 Å². The summed E-state index contributed by atoms with van der Waals surface area (Å²) in [4.78, 5) is 32.2. The van der Waals surface area contributed by atoms with Crippen LogP contribution < -0.4 is 5.32 Å². The highest BCUT2D eigenvalue weighted by Gasteiger charge is 2.35. The van der Waals surface area contributed by atoms with Crippen molar-refractivity contribution in [3.63, 3.8) is 0 Å². The maximum atomic E-state index is 13.2. The molecule has 3 aromatic rings. The van der Waals surface area contributed by atoms with Gasteiger partial charge in [-0.05, 0) is 62.6 Å². The van der Waals surface area contributed by atoms with Crippen LogP contribution in [0.25, 0.3) is 10.9 Å². The Kier molecular flexibility index (Phi) is 7.07. The van der Waals surface area contributed by atoms with Crippen LogP contribution in [0.5, 0.6) is 0 Å². The summed E-state index contributed by atoms with van der Waals surface area (Å²) in [6.45, 7) is 5.07. The highest BCUT2D eigenvalue weighted by molar-refractivity contribution is 5.91. The Bertz CT molecular complexity index is 1100. The lowest BCUT2D eigenvalue weighted by molar-refractivity contribution is -0.141. The van der Waals surface area contributed by atoms with E-state index in [2.05, 4.69) is 34.6 Å². The molecule has 0 unspecified atom stereocenters. The van der Waals surface area contributed by atoms with Crippen molar-refractivity contribution in [3.8, 4) is 0 Å². The molecule has 1 N–H and O–H groups in total. The molecule has 5 nitrogen and oxygen atoms in total. The number of pyridine rings is 1. The van der Waals surface area contributed by atoms with Gasteiger partial charge < -0.3 is 10.2 Å². The van der Waals surface area contributed by atoms with Crippen LogP contribution >= 0.6 is 0 Å². The molecule has 2 heterocycles. The molecule has 0 saturated carbocycles. The minimum atomic E-state index is -0.903. The van der Waals surface area contributed by atoms with Gasteiger partial charge in [0.1, 0.15) is 5.54 Å². The minimum absolute atomic E-state index is 0.000777. The van der Waals surface area contributed by atoms with Gasteiger partial charge in [-0.1, -0.05) is 54.6 Å². The molecule has 4 rings (SSSR count). The first-order valence-corrected chi connectivity index (χ1v) is 11.9. The summed E-state index contributed by atoms with van der Waals surface area (Å²) in [7, 11) is 0. The molecule has 172 valence electrons. The number of piperidine rings is 1. The van der Waals surface area contributed by atoms with Crippen molar-refractivity contribution >= 4 is 22.7 Å². The van der Waals surface area contributed by atoms with E-state index in [4.69, 9.17) is 0 Å². The first-order valence-electron chi connectivity index (χ1n) is 11.9. The van der Waals surface area contributed by atoms with Crippen molar-refractivity contribution in [1.82, 2.24) is 15.2 Å². The number of fused-ring (bicyclic) bond motifs is 1. The van der Waals surface area contributed by atoms with E-state index in [0.29, 0.717) is 18.8 Å². The number of likely N-dealkylation sites (tertiary alicyclic amines) is 1. The molecule has 0 aliphatic carbocycles. The molecule has 1 saturated heterocycles. The van der Waals surface area contributed by atoms with Crippen molar-refractivity contribution in [2.45, 2.75) is 51.5 Å². The molecule has 5 heteroatoms. The van der Waals surface area contributed by atoms with Gasteiger partial charge in [0, 0.05) is 31.1 Å². The van der Waals surface area contributed by atoms with Crippen LogP contribution in [-0.4, -0.2) is 40.3 Å². The third-order valence-corrected chi connectivity index (χ3v) is 6.60. The minimum Gasteiger partial charge on any atom is -0.342 e. The lowest BCUT2D eigenvalue weighted by Gasteiger charge is -2.37. The van der Waals surface area contributed by atoms with Crippen molar-refractivity contribution in [2.24, 2.45) is 5.92 Å². The highest BCUT2D eigenvalue weighted by atomic mass is 16.2. The van der Waals surface area contributed by atoms with Gasteiger partial charge in [0.15, 0.2) is 0 Å². The molecular weight excluding hydrogens is 410 g/mol. The van der Waals surface area contributed by atoms with Crippen LogP contribution in [0.15, 0.2) is 66.9 Å². The lowest BCUT2D eigenvalue weighted by Crippen LogP contribution is -2.57. The van der Waals surface area contributed by atoms with E-state index in [1.807, 2.05) is 61.3 Å². The fourth-order valence-corrected chi connectivity index (χ4v) is 4.75. The van der Waals surface area contributed by atoms with Crippen LogP contribution in [0.4, 0.5) is 0 Å². The molecule has 2 amide bonds. The average molecular weight is 444 g/mol. The standard InChI is InChI=1S/C28H33N3O2/c1-28(2,30-25(32)14-13-21-8-4-3-5-9-21)27(33)31-18-15-22(16-19-31)20-24-11-6-10-23-12-7-17-29-26(23)24/h3-12,17,22H,13-16,18-20H2,1-2H3,(H,30,32). The van der Waals surface area contributed by atoms with Crippen molar-refractivity contribution in [2.75, 3.05) is 13.1 Å². The second-order valence-electron chi connectivity index (χ2n) is 9.59. The SMILES string of the molecule is CC(C)(NC(=O)CCc1ccccc1)C(=O)N1CCC(Cc2cccc3cccnc23)CC1. The van der Waals surface area contributed by atoms with Crippen LogP contribution in [-0.2, 0) is 22.4 Å². The number of nitrogens with one attached hydrogen (secondary N) is 1. The molecule has 0 atom stereocenters. The van der Waals surface area contributed by atoms with Crippen LogP contribution in [0.2, 0.25) is 0 Å². The molecule has 2 aromatic carbocycles. The summed E-state index contributed by atoms with van der Waals surface area (Å²) < 4.78 is 0. The number of rotatable bonds is 7. The topological polar surface area (TPSA) is 62.3 Å². The molecule has 1 aliphatic heterocycles. The Balaban J connectivity index is 1.28.